The quantitative estimate of drug-likeness (QED) is 0.909. The highest BCUT2D eigenvalue weighted by Gasteiger charge is 2.21. The lowest BCUT2D eigenvalue weighted by molar-refractivity contribution is 0.160. The highest BCUT2D eigenvalue weighted by atomic mass is 35.5. The van der Waals surface area contributed by atoms with Gasteiger partial charge >= 0.3 is 0 Å². The molecule has 0 spiro atoms. The molecule has 2 heterocycles. The van der Waals surface area contributed by atoms with E-state index < -0.39 is 0 Å². The maximum absolute atomic E-state index is 6.30. The van der Waals surface area contributed by atoms with Gasteiger partial charge in [0.2, 0.25) is 0 Å². The van der Waals surface area contributed by atoms with Gasteiger partial charge in [0.15, 0.2) is 11.5 Å². The van der Waals surface area contributed by atoms with Gasteiger partial charge in [-0.05, 0) is 56.0 Å². The van der Waals surface area contributed by atoms with Crippen LogP contribution in [0, 0.1) is 5.92 Å². The molecule has 1 aromatic rings. The minimum absolute atomic E-state index is 0. The lowest BCUT2D eigenvalue weighted by Crippen LogP contribution is -2.35. The van der Waals surface area contributed by atoms with E-state index in [0.29, 0.717) is 24.0 Å². The average molecular weight is 347 g/mol. The van der Waals surface area contributed by atoms with E-state index >= 15 is 0 Å². The monoisotopic (exact) mass is 346 g/mol. The normalized spacial score (nSPS) is 21.3. The van der Waals surface area contributed by atoms with Crippen LogP contribution in [0.15, 0.2) is 12.1 Å². The van der Waals surface area contributed by atoms with Crippen LogP contribution >= 0.6 is 24.0 Å². The Balaban J connectivity index is 0.00000176. The van der Waals surface area contributed by atoms with Crippen LogP contribution in [-0.4, -0.2) is 37.7 Å². The van der Waals surface area contributed by atoms with Gasteiger partial charge in [-0.3, -0.25) is 4.90 Å². The van der Waals surface area contributed by atoms with E-state index in [9.17, 15) is 0 Å². The Morgan fingerprint density at radius 2 is 2.09 bits per heavy atom. The van der Waals surface area contributed by atoms with Crippen LogP contribution in [-0.2, 0) is 6.54 Å². The first-order chi connectivity index (χ1) is 10.3. The first kappa shape index (κ1) is 17.7. The Kier molecular flexibility index (Phi) is 6.63. The Bertz CT molecular complexity index is 497. The Hall–Kier alpha value is -0.680. The van der Waals surface area contributed by atoms with Crippen LogP contribution in [0.2, 0.25) is 5.02 Å². The van der Waals surface area contributed by atoms with Crippen LogP contribution in [0.1, 0.15) is 24.8 Å². The van der Waals surface area contributed by atoms with Gasteiger partial charge in [0, 0.05) is 13.1 Å². The van der Waals surface area contributed by atoms with E-state index in [4.69, 9.17) is 26.8 Å². The van der Waals surface area contributed by atoms with Crippen molar-refractivity contribution in [2.75, 3.05) is 32.8 Å². The maximum Gasteiger partial charge on any atom is 0.179 e. The van der Waals surface area contributed by atoms with Crippen molar-refractivity contribution in [2.24, 2.45) is 11.7 Å². The van der Waals surface area contributed by atoms with Crippen molar-refractivity contribution < 1.29 is 9.47 Å². The molecule has 1 atom stereocenters. The number of nitrogens with zero attached hydrogens (tertiary/aromatic N) is 1. The molecule has 1 fully saturated rings. The fourth-order valence-corrected chi connectivity index (χ4v) is 3.57. The van der Waals surface area contributed by atoms with E-state index in [1.807, 2.05) is 6.07 Å². The molecular formula is C16H24Cl2N2O2. The molecular weight excluding hydrogens is 323 g/mol. The largest absolute Gasteiger partial charge is 0.486 e. The van der Waals surface area contributed by atoms with Gasteiger partial charge in [-0.25, -0.2) is 0 Å². The molecule has 0 aliphatic carbocycles. The summed E-state index contributed by atoms with van der Waals surface area (Å²) in [6, 6.07) is 4.06. The van der Waals surface area contributed by atoms with Crippen molar-refractivity contribution in [3.05, 3.63) is 22.7 Å². The second-order valence-electron chi connectivity index (χ2n) is 5.92. The number of hydrogen-bond acceptors (Lipinski definition) is 4. The SMILES string of the molecule is Cl.NCCC1CCCN(Cc2cc(Cl)c3c(c2)OCCO3)C1. The van der Waals surface area contributed by atoms with Gasteiger partial charge < -0.3 is 15.2 Å². The summed E-state index contributed by atoms with van der Waals surface area (Å²) in [5, 5.41) is 0.651. The molecule has 3 rings (SSSR count). The van der Waals surface area contributed by atoms with Crippen molar-refractivity contribution in [1.29, 1.82) is 0 Å². The molecule has 124 valence electrons. The number of piperidine rings is 1. The van der Waals surface area contributed by atoms with Crippen LogP contribution in [0.3, 0.4) is 0 Å². The lowest BCUT2D eigenvalue weighted by Gasteiger charge is -2.33. The molecule has 1 saturated heterocycles. The van der Waals surface area contributed by atoms with Crippen molar-refractivity contribution in [1.82, 2.24) is 4.90 Å². The second kappa shape index (κ2) is 8.25. The third-order valence-corrected chi connectivity index (χ3v) is 4.52. The van der Waals surface area contributed by atoms with Gasteiger partial charge in [0.25, 0.3) is 0 Å². The molecule has 6 heteroatoms. The van der Waals surface area contributed by atoms with Crippen molar-refractivity contribution >= 4 is 24.0 Å². The molecule has 0 saturated carbocycles. The molecule has 0 radical (unpaired) electrons. The number of likely N-dealkylation sites (tertiary alicyclic amines) is 1. The summed E-state index contributed by atoms with van der Waals surface area (Å²) < 4.78 is 11.2. The molecule has 2 aliphatic heterocycles. The first-order valence-corrected chi connectivity index (χ1v) is 8.14. The molecule has 2 aliphatic rings. The molecule has 0 bridgehead atoms. The predicted molar refractivity (Wildman–Crippen MR) is 91.4 cm³/mol. The van der Waals surface area contributed by atoms with Gasteiger partial charge in [0.05, 0.1) is 5.02 Å². The minimum Gasteiger partial charge on any atom is -0.486 e. The second-order valence-corrected chi connectivity index (χ2v) is 6.33. The van der Waals surface area contributed by atoms with Gasteiger partial charge in [-0.2, -0.15) is 0 Å². The fourth-order valence-electron chi connectivity index (χ4n) is 3.28. The van der Waals surface area contributed by atoms with E-state index in [1.165, 1.54) is 18.4 Å². The van der Waals surface area contributed by atoms with Crippen LogP contribution < -0.4 is 15.2 Å². The summed E-state index contributed by atoms with van der Waals surface area (Å²) in [5.41, 5.74) is 6.88. The molecule has 1 unspecified atom stereocenters. The van der Waals surface area contributed by atoms with Crippen LogP contribution in [0.25, 0.3) is 0 Å². The summed E-state index contributed by atoms with van der Waals surface area (Å²) >= 11 is 6.30. The third-order valence-electron chi connectivity index (χ3n) is 4.24. The highest BCUT2D eigenvalue weighted by molar-refractivity contribution is 6.32. The van der Waals surface area contributed by atoms with E-state index in [-0.39, 0.29) is 12.4 Å². The highest BCUT2D eigenvalue weighted by Crippen LogP contribution is 2.38. The summed E-state index contributed by atoms with van der Waals surface area (Å²) in [5.74, 6) is 2.20. The average Bonchev–Trinajstić information content (AvgIpc) is 2.48. The fraction of sp³-hybridized carbons (Fsp3) is 0.625. The zero-order valence-electron chi connectivity index (χ0n) is 12.7. The molecule has 22 heavy (non-hydrogen) atoms. The zero-order valence-corrected chi connectivity index (χ0v) is 14.3. The third kappa shape index (κ3) is 4.19. The number of nitrogens with two attached hydrogens (primary N) is 1. The zero-order chi connectivity index (χ0) is 14.7. The Morgan fingerprint density at radius 1 is 1.27 bits per heavy atom. The number of hydrogen-bond donors (Lipinski definition) is 1. The molecule has 1 aromatic carbocycles. The molecule has 0 amide bonds. The Labute approximate surface area is 143 Å². The van der Waals surface area contributed by atoms with Crippen molar-refractivity contribution in [2.45, 2.75) is 25.8 Å². The van der Waals surface area contributed by atoms with E-state index in [0.717, 1.165) is 44.3 Å². The number of ether oxygens (including phenoxy) is 2. The number of benzene rings is 1. The maximum atomic E-state index is 6.30. The number of fused-ring (bicyclic) bond motifs is 1. The van der Waals surface area contributed by atoms with E-state index in [1.54, 1.807) is 0 Å². The molecule has 2 N–H and O–H groups in total. The number of halogens is 2. The summed E-state index contributed by atoms with van der Waals surface area (Å²) in [6.45, 7) is 5.14. The Morgan fingerprint density at radius 3 is 2.91 bits per heavy atom. The van der Waals surface area contributed by atoms with Crippen LogP contribution in [0.4, 0.5) is 0 Å². The summed E-state index contributed by atoms with van der Waals surface area (Å²) in [7, 11) is 0. The predicted octanol–water partition coefficient (Wildman–Crippen LogP) is 3.09. The lowest BCUT2D eigenvalue weighted by atomic mass is 9.94. The van der Waals surface area contributed by atoms with Crippen molar-refractivity contribution in [3.63, 3.8) is 0 Å². The minimum atomic E-state index is 0. The summed E-state index contributed by atoms with van der Waals surface area (Å²) in [6.07, 6.45) is 3.68. The molecule has 4 nitrogen and oxygen atoms in total. The van der Waals surface area contributed by atoms with Gasteiger partial charge in [0.1, 0.15) is 13.2 Å². The number of rotatable bonds is 4. The van der Waals surface area contributed by atoms with Crippen LogP contribution in [0.5, 0.6) is 11.5 Å². The summed E-state index contributed by atoms with van der Waals surface area (Å²) in [4.78, 5) is 2.49. The topological polar surface area (TPSA) is 47.7 Å². The smallest absolute Gasteiger partial charge is 0.179 e. The van der Waals surface area contributed by atoms with Gasteiger partial charge in [-0.15, -0.1) is 12.4 Å². The van der Waals surface area contributed by atoms with Crippen molar-refractivity contribution in [3.8, 4) is 11.5 Å². The van der Waals surface area contributed by atoms with E-state index in [2.05, 4.69) is 11.0 Å². The van der Waals surface area contributed by atoms with Gasteiger partial charge in [-0.1, -0.05) is 11.6 Å². The molecule has 0 aromatic heterocycles. The standard InChI is InChI=1S/C16H23ClN2O2.ClH/c17-14-8-13(9-15-16(14)21-7-6-20-15)11-19-5-1-2-12(10-19)3-4-18;/h8-9,12H,1-7,10-11,18H2;1H. The first-order valence-electron chi connectivity index (χ1n) is 7.76.